The summed E-state index contributed by atoms with van der Waals surface area (Å²) in [6.07, 6.45) is 1.15. The van der Waals surface area contributed by atoms with Crippen molar-refractivity contribution >= 4 is 17.3 Å². The molecule has 1 fully saturated rings. The maximum atomic E-state index is 11.8. The summed E-state index contributed by atoms with van der Waals surface area (Å²) in [6, 6.07) is 4.41. The highest BCUT2D eigenvalue weighted by molar-refractivity contribution is 5.95. The van der Waals surface area contributed by atoms with Crippen molar-refractivity contribution in [1.82, 2.24) is 5.32 Å². The minimum Gasteiger partial charge on any atom is -0.379 e. The number of nitro groups is 1. The second kappa shape index (κ2) is 5.90. The van der Waals surface area contributed by atoms with E-state index >= 15 is 0 Å². The molecule has 6 nitrogen and oxygen atoms in total. The van der Waals surface area contributed by atoms with Crippen molar-refractivity contribution in [2.75, 3.05) is 18.4 Å². The standard InChI is InChI=1S/C14H19N3O3/c1-3-15-14(18)10-4-5-13(17(19)20)12(7-10)16-8-11-6-9(11)2/h4-5,7,9,11,16H,3,6,8H2,1-2H3,(H,15,18). The summed E-state index contributed by atoms with van der Waals surface area (Å²) in [5.41, 5.74) is 0.855. The van der Waals surface area contributed by atoms with Crippen molar-refractivity contribution in [3.63, 3.8) is 0 Å². The van der Waals surface area contributed by atoms with Crippen LogP contribution in [0.25, 0.3) is 0 Å². The molecule has 1 aromatic carbocycles. The van der Waals surface area contributed by atoms with E-state index < -0.39 is 4.92 Å². The summed E-state index contributed by atoms with van der Waals surface area (Å²) < 4.78 is 0. The molecular formula is C14H19N3O3. The number of rotatable bonds is 6. The van der Waals surface area contributed by atoms with Crippen LogP contribution in [0.5, 0.6) is 0 Å². The van der Waals surface area contributed by atoms with Gasteiger partial charge in [0.15, 0.2) is 0 Å². The molecule has 2 rings (SSSR count). The van der Waals surface area contributed by atoms with Gasteiger partial charge >= 0.3 is 0 Å². The van der Waals surface area contributed by atoms with Crippen LogP contribution in [0.15, 0.2) is 18.2 Å². The van der Waals surface area contributed by atoms with Gasteiger partial charge in [0.2, 0.25) is 0 Å². The number of amides is 1. The number of hydrogen-bond acceptors (Lipinski definition) is 4. The molecule has 108 valence electrons. The number of nitrogens with one attached hydrogen (secondary N) is 2. The van der Waals surface area contributed by atoms with Gasteiger partial charge in [-0.2, -0.15) is 0 Å². The molecule has 2 unspecified atom stereocenters. The van der Waals surface area contributed by atoms with Gasteiger partial charge in [-0.05, 0) is 37.3 Å². The fourth-order valence-electron chi connectivity index (χ4n) is 2.17. The molecular weight excluding hydrogens is 258 g/mol. The normalized spacial score (nSPS) is 20.3. The number of carbonyl (C=O) groups excluding carboxylic acids is 1. The summed E-state index contributed by atoms with van der Waals surface area (Å²) in [4.78, 5) is 22.4. The van der Waals surface area contributed by atoms with E-state index in [1.54, 1.807) is 6.07 Å². The molecule has 0 heterocycles. The number of benzene rings is 1. The molecule has 0 aliphatic heterocycles. The Balaban J connectivity index is 2.17. The summed E-state index contributed by atoms with van der Waals surface area (Å²) in [6.45, 7) is 5.22. The number of hydrogen-bond donors (Lipinski definition) is 2. The maximum absolute atomic E-state index is 11.8. The van der Waals surface area contributed by atoms with E-state index in [4.69, 9.17) is 0 Å². The van der Waals surface area contributed by atoms with Crippen LogP contribution < -0.4 is 10.6 Å². The molecule has 0 spiro atoms. The van der Waals surface area contributed by atoms with Crippen LogP contribution >= 0.6 is 0 Å². The number of nitro benzene ring substituents is 1. The van der Waals surface area contributed by atoms with Gasteiger partial charge in [0.1, 0.15) is 5.69 Å². The average Bonchev–Trinajstić information content (AvgIpc) is 3.12. The van der Waals surface area contributed by atoms with E-state index in [9.17, 15) is 14.9 Å². The van der Waals surface area contributed by atoms with Gasteiger partial charge in [-0.3, -0.25) is 14.9 Å². The quantitative estimate of drug-likeness (QED) is 0.617. The second-order valence-corrected chi connectivity index (χ2v) is 5.20. The lowest BCUT2D eigenvalue weighted by Gasteiger charge is -2.09. The van der Waals surface area contributed by atoms with E-state index in [0.29, 0.717) is 36.2 Å². The van der Waals surface area contributed by atoms with Crippen molar-refractivity contribution in [2.24, 2.45) is 11.8 Å². The van der Waals surface area contributed by atoms with Crippen molar-refractivity contribution in [3.05, 3.63) is 33.9 Å². The van der Waals surface area contributed by atoms with Gasteiger partial charge in [0, 0.05) is 24.7 Å². The zero-order chi connectivity index (χ0) is 14.7. The van der Waals surface area contributed by atoms with Crippen LogP contribution in [0, 0.1) is 22.0 Å². The molecule has 0 saturated heterocycles. The fourth-order valence-corrected chi connectivity index (χ4v) is 2.17. The van der Waals surface area contributed by atoms with Crippen LogP contribution in [0.1, 0.15) is 30.6 Å². The SMILES string of the molecule is CCNC(=O)c1ccc([N+](=O)[O-])c(NCC2CC2C)c1. The molecule has 1 saturated carbocycles. The third-order valence-electron chi connectivity index (χ3n) is 3.62. The van der Waals surface area contributed by atoms with Crippen LogP contribution in [0.3, 0.4) is 0 Å². The molecule has 0 bridgehead atoms. The minimum absolute atomic E-state index is 0.00588. The topological polar surface area (TPSA) is 84.3 Å². The largest absolute Gasteiger partial charge is 0.379 e. The molecule has 6 heteroatoms. The van der Waals surface area contributed by atoms with Crippen LogP contribution in [-0.2, 0) is 0 Å². The van der Waals surface area contributed by atoms with Gasteiger partial charge in [-0.15, -0.1) is 0 Å². The molecule has 1 amide bonds. The fraction of sp³-hybridized carbons (Fsp3) is 0.500. The van der Waals surface area contributed by atoms with Crippen molar-refractivity contribution < 1.29 is 9.72 Å². The predicted octanol–water partition coefficient (Wildman–Crippen LogP) is 2.41. The van der Waals surface area contributed by atoms with E-state index in [0.717, 1.165) is 6.42 Å². The average molecular weight is 277 g/mol. The molecule has 20 heavy (non-hydrogen) atoms. The Morgan fingerprint density at radius 2 is 2.20 bits per heavy atom. The van der Waals surface area contributed by atoms with Gasteiger partial charge in [0.25, 0.3) is 11.6 Å². The Hall–Kier alpha value is -2.11. The Labute approximate surface area is 117 Å². The molecule has 1 aliphatic carbocycles. The van der Waals surface area contributed by atoms with Gasteiger partial charge in [0.05, 0.1) is 4.92 Å². The lowest BCUT2D eigenvalue weighted by Crippen LogP contribution is -2.22. The zero-order valence-electron chi connectivity index (χ0n) is 11.7. The predicted molar refractivity (Wildman–Crippen MR) is 76.9 cm³/mol. The molecule has 0 aromatic heterocycles. The van der Waals surface area contributed by atoms with E-state index in [-0.39, 0.29) is 11.6 Å². The Bertz CT molecular complexity index is 530. The first kappa shape index (κ1) is 14.3. The van der Waals surface area contributed by atoms with Crippen LogP contribution in [0.2, 0.25) is 0 Å². The molecule has 2 atom stereocenters. The van der Waals surface area contributed by atoms with E-state index in [1.165, 1.54) is 12.1 Å². The van der Waals surface area contributed by atoms with Gasteiger partial charge in [-0.25, -0.2) is 0 Å². The molecule has 1 aromatic rings. The summed E-state index contributed by atoms with van der Waals surface area (Å²) in [7, 11) is 0. The Morgan fingerprint density at radius 3 is 2.75 bits per heavy atom. The summed E-state index contributed by atoms with van der Waals surface area (Å²) >= 11 is 0. The highest BCUT2D eigenvalue weighted by atomic mass is 16.6. The van der Waals surface area contributed by atoms with E-state index in [2.05, 4.69) is 17.6 Å². The monoisotopic (exact) mass is 277 g/mol. The minimum atomic E-state index is -0.430. The first-order valence-electron chi connectivity index (χ1n) is 6.83. The zero-order valence-corrected chi connectivity index (χ0v) is 11.7. The smallest absolute Gasteiger partial charge is 0.292 e. The molecule has 0 radical (unpaired) electrons. The first-order valence-corrected chi connectivity index (χ1v) is 6.83. The lowest BCUT2D eigenvalue weighted by molar-refractivity contribution is -0.384. The summed E-state index contributed by atoms with van der Waals surface area (Å²) in [5.74, 6) is 1.03. The van der Waals surface area contributed by atoms with Gasteiger partial charge in [-0.1, -0.05) is 6.92 Å². The lowest BCUT2D eigenvalue weighted by atomic mass is 10.1. The number of nitrogens with zero attached hydrogens (tertiary/aromatic N) is 1. The van der Waals surface area contributed by atoms with E-state index in [1.807, 2.05) is 6.92 Å². The highest BCUT2D eigenvalue weighted by Crippen LogP contribution is 2.38. The molecule has 2 N–H and O–H groups in total. The second-order valence-electron chi connectivity index (χ2n) is 5.20. The Morgan fingerprint density at radius 1 is 1.50 bits per heavy atom. The van der Waals surface area contributed by atoms with Crippen LogP contribution in [-0.4, -0.2) is 23.9 Å². The van der Waals surface area contributed by atoms with Crippen molar-refractivity contribution in [1.29, 1.82) is 0 Å². The first-order chi connectivity index (χ1) is 9.52. The molecule has 1 aliphatic rings. The third-order valence-corrected chi connectivity index (χ3v) is 3.62. The number of carbonyl (C=O) groups is 1. The van der Waals surface area contributed by atoms with Gasteiger partial charge < -0.3 is 10.6 Å². The maximum Gasteiger partial charge on any atom is 0.292 e. The third kappa shape index (κ3) is 3.26. The van der Waals surface area contributed by atoms with Crippen LogP contribution in [0.4, 0.5) is 11.4 Å². The summed E-state index contributed by atoms with van der Waals surface area (Å²) in [5, 5.41) is 16.8. The van der Waals surface area contributed by atoms with Crippen molar-refractivity contribution in [3.8, 4) is 0 Å². The van der Waals surface area contributed by atoms with Crippen molar-refractivity contribution in [2.45, 2.75) is 20.3 Å². The Kier molecular flexibility index (Phi) is 4.22. The highest BCUT2D eigenvalue weighted by Gasteiger charge is 2.32. The number of anilines is 1.